The van der Waals surface area contributed by atoms with E-state index in [1.165, 1.54) is 17.1 Å². The van der Waals surface area contributed by atoms with Crippen LogP contribution < -0.4 is 10.9 Å². The molecule has 1 aromatic carbocycles. The molecule has 0 aliphatic rings. The van der Waals surface area contributed by atoms with Crippen LogP contribution in [-0.4, -0.2) is 40.3 Å². The summed E-state index contributed by atoms with van der Waals surface area (Å²) in [6.07, 6.45) is 0.317. The molecule has 1 amide bonds. The average Bonchev–Trinajstić information content (AvgIpc) is 3.10. The molecule has 0 fully saturated rings. The van der Waals surface area contributed by atoms with Crippen LogP contribution in [-0.2, 0) is 22.5 Å². The predicted molar refractivity (Wildman–Crippen MR) is 116 cm³/mol. The van der Waals surface area contributed by atoms with Gasteiger partial charge >= 0.3 is 5.97 Å². The summed E-state index contributed by atoms with van der Waals surface area (Å²) in [5.41, 5.74) is 2.99. The van der Waals surface area contributed by atoms with Crippen molar-refractivity contribution in [2.75, 3.05) is 19.0 Å². The summed E-state index contributed by atoms with van der Waals surface area (Å²) in [7, 11) is 1.53. The Kier molecular flexibility index (Phi) is 6.33. The van der Waals surface area contributed by atoms with Crippen molar-refractivity contribution in [1.29, 1.82) is 0 Å². The highest BCUT2D eigenvalue weighted by atomic mass is 32.1. The minimum absolute atomic E-state index is 0.0177. The number of aromatic carboxylic acids is 1. The van der Waals surface area contributed by atoms with Crippen molar-refractivity contribution in [2.24, 2.45) is 0 Å². The maximum atomic E-state index is 13.1. The molecule has 3 rings (SSSR count). The van der Waals surface area contributed by atoms with Crippen LogP contribution in [0.5, 0.6) is 0 Å². The SMILES string of the molecule is COCCc1nc2scc(C(=O)O)c2c(=O)n1CC(=O)Nc1c(C)cc(C)cc1C. The Bertz CT molecular complexity index is 1170. The highest BCUT2D eigenvalue weighted by Crippen LogP contribution is 2.23. The van der Waals surface area contributed by atoms with E-state index in [1.807, 2.05) is 32.9 Å². The van der Waals surface area contributed by atoms with E-state index in [4.69, 9.17) is 4.74 Å². The molecule has 0 bridgehead atoms. The van der Waals surface area contributed by atoms with Gasteiger partial charge in [0.05, 0.1) is 17.6 Å². The van der Waals surface area contributed by atoms with E-state index in [2.05, 4.69) is 10.3 Å². The molecule has 0 radical (unpaired) electrons. The molecule has 8 nitrogen and oxygen atoms in total. The van der Waals surface area contributed by atoms with Gasteiger partial charge in [0.2, 0.25) is 5.91 Å². The van der Waals surface area contributed by atoms with E-state index in [0.29, 0.717) is 29.4 Å². The van der Waals surface area contributed by atoms with Crippen LogP contribution in [0.3, 0.4) is 0 Å². The lowest BCUT2D eigenvalue weighted by molar-refractivity contribution is -0.116. The summed E-state index contributed by atoms with van der Waals surface area (Å²) >= 11 is 1.09. The number of carboxylic acid groups (broad SMARTS) is 1. The molecule has 30 heavy (non-hydrogen) atoms. The number of carboxylic acids is 1. The van der Waals surface area contributed by atoms with Crippen molar-refractivity contribution in [3.63, 3.8) is 0 Å². The smallest absolute Gasteiger partial charge is 0.337 e. The maximum Gasteiger partial charge on any atom is 0.337 e. The molecule has 158 valence electrons. The number of methoxy groups -OCH3 is 1. The normalized spacial score (nSPS) is 11.1. The maximum absolute atomic E-state index is 13.1. The Labute approximate surface area is 177 Å². The fraction of sp³-hybridized carbons (Fsp3) is 0.333. The quantitative estimate of drug-likeness (QED) is 0.598. The highest BCUT2D eigenvalue weighted by molar-refractivity contribution is 7.17. The molecule has 2 heterocycles. The summed E-state index contributed by atoms with van der Waals surface area (Å²) in [5.74, 6) is -1.22. The van der Waals surface area contributed by atoms with Crippen molar-refractivity contribution >= 4 is 39.1 Å². The van der Waals surface area contributed by atoms with Gasteiger partial charge in [0.15, 0.2) is 0 Å². The van der Waals surface area contributed by atoms with Crippen molar-refractivity contribution in [2.45, 2.75) is 33.7 Å². The molecule has 0 aliphatic carbocycles. The topological polar surface area (TPSA) is 111 Å². The molecule has 3 aromatic rings. The first-order valence-corrected chi connectivity index (χ1v) is 10.2. The van der Waals surface area contributed by atoms with E-state index in [1.54, 1.807) is 0 Å². The number of aromatic nitrogens is 2. The second kappa shape index (κ2) is 8.76. The first-order chi connectivity index (χ1) is 14.2. The third kappa shape index (κ3) is 4.27. The number of rotatable bonds is 7. The van der Waals surface area contributed by atoms with E-state index < -0.39 is 11.5 Å². The van der Waals surface area contributed by atoms with Gasteiger partial charge in [-0.2, -0.15) is 0 Å². The summed E-state index contributed by atoms with van der Waals surface area (Å²) in [5, 5.41) is 13.7. The van der Waals surface area contributed by atoms with Crippen molar-refractivity contribution in [1.82, 2.24) is 9.55 Å². The molecular formula is C21H23N3O5S. The number of ether oxygens (including phenoxy) is 1. The lowest BCUT2D eigenvalue weighted by atomic mass is 10.1. The van der Waals surface area contributed by atoms with Crippen LogP contribution in [0.25, 0.3) is 10.2 Å². The van der Waals surface area contributed by atoms with E-state index in [-0.39, 0.29) is 23.4 Å². The van der Waals surface area contributed by atoms with Gasteiger partial charge in [-0.05, 0) is 31.9 Å². The Morgan fingerprint density at radius 1 is 1.23 bits per heavy atom. The third-order valence-corrected chi connectivity index (χ3v) is 5.65. The number of benzene rings is 1. The van der Waals surface area contributed by atoms with Gasteiger partial charge in [-0.1, -0.05) is 17.7 Å². The average molecular weight is 429 g/mol. The molecule has 0 saturated carbocycles. The second-order valence-electron chi connectivity index (χ2n) is 7.12. The molecule has 0 aliphatic heterocycles. The van der Waals surface area contributed by atoms with Crippen molar-refractivity contribution in [3.05, 3.63) is 55.9 Å². The van der Waals surface area contributed by atoms with E-state index >= 15 is 0 Å². The van der Waals surface area contributed by atoms with E-state index in [9.17, 15) is 19.5 Å². The lowest BCUT2D eigenvalue weighted by Gasteiger charge is -2.15. The number of hydrogen-bond acceptors (Lipinski definition) is 6. The third-order valence-electron chi connectivity index (χ3n) is 4.78. The Hall–Kier alpha value is -3.04. The zero-order chi connectivity index (χ0) is 22.0. The molecule has 0 unspecified atom stereocenters. The van der Waals surface area contributed by atoms with Crippen LogP contribution in [0.15, 0.2) is 22.3 Å². The molecular weight excluding hydrogens is 406 g/mol. The van der Waals surface area contributed by atoms with Gasteiger partial charge in [0, 0.05) is 24.6 Å². The molecule has 2 aromatic heterocycles. The molecule has 9 heteroatoms. The van der Waals surface area contributed by atoms with Gasteiger partial charge < -0.3 is 15.2 Å². The van der Waals surface area contributed by atoms with Gasteiger partial charge in [0.25, 0.3) is 5.56 Å². The number of nitrogens with one attached hydrogen (secondary N) is 1. The van der Waals surface area contributed by atoms with Gasteiger partial charge in [0.1, 0.15) is 17.2 Å². The number of nitrogens with zero attached hydrogens (tertiary/aromatic N) is 2. The number of hydrogen-bond donors (Lipinski definition) is 2. The fourth-order valence-electron chi connectivity index (χ4n) is 3.47. The first kappa shape index (κ1) is 21.7. The number of carbonyl (C=O) groups excluding carboxylic acids is 1. The minimum atomic E-state index is -1.20. The highest BCUT2D eigenvalue weighted by Gasteiger charge is 2.21. The van der Waals surface area contributed by atoms with Gasteiger partial charge in [-0.15, -0.1) is 11.3 Å². The summed E-state index contributed by atoms with van der Waals surface area (Å²) in [4.78, 5) is 42.2. The Balaban J connectivity index is 2.02. The monoisotopic (exact) mass is 429 g/mol. The molecule has 2 N–H and O–H groups in total. The van der Waals surface area contributed by atoms with Crippen LogP contribution in [0.4, 0.5) is 5.69 Å². The van der Waals surface area contributed by atoms with Crippen LogP contribution >= 0.6 is 11.3 Å². The van der Waals surface area contributed by atoms with E-state index in [0.717, 1.165) is 28.0 Å². The summed E-state index contributed by atoms with van der Waals surface area (Å²) < 4.78 is 6.32. The van der Waals surface area contributed by atoms with Gasteiger partial charge in [-0.3, -0.25) is 14.2 Å². The zero-order valence-corrected chi connectivity index (χ0v) is 18.1. The Morgan fingerprint density at radius 2 is 1.90 bits per heavy atom. The Morgan fingerprint density at radius 3 is 2.50 bits per heavy atom. The number of fused-ring (bicyclic) bond motifs is 1. The van der Waals surface area contributed by atoms with Crippen molar-refractivity contribution < 1.29 is 19.4 Å². The number of anilines is 1. The van der Waals surface area contributed by atoms with Crippen LogP contribution in [0.1, 0.15) is 32.9 Å². The number of thiophene rings is 1. The first-order valence-electron chi connectivity index (χ1n) is 9.33. The number of amides is 1. The lowest BCUT2D eigenvalue weighted by Crippen LogP contribution is -2.32. The predicted octanol–water partition coefficient (Wildman–Crippen LogP) is 2.91. The second-order valence-corrected chi connectivity index (χ2v) is 7.98. The molecule has 0 atom stereocenters. The van der Waals surface area contributed by atoms with Crippen LogP contribution in [0.2, 0.25) is 0 Å². The number of carbonyl (C=O) groups is 2. The zero-order valence-electron chi connectivity index (χ0n) is 17.2. The standard InChI is InChI=1S/C21H23N3O5S/c1-11-7-12(2)18(13(3)8-11)23-16(25)9-24-15(5-6-29-4)22-19-17(20(24)26)14(10-30-19)21(27)28/h7-8,10H,5-6,9H2,1-4H3,(H,23,25)(H,27,28). The fourth-order valence-corrected chi connectivity index (χ4v) is 4.39. The van der Waals surface area contributed by atoms with Gasteiger partial charge in [-0.25, -0.2) is 9.78 Å². The number of aryl methyl sites for hydroxylation is 3. The summed E-state index contributed by atoms with van der Waals surface area (Å²) in [6.45, 7) is 5.83. The summed E-state index contributed by atoms with van der Waals surface area (Å²) in [6, 6.07) is 3.94. The molecule has 0 saturated heterocycles. The van der Waals surface area contributed by atoms with Crippen LogP contribution in [0, 0.1) is 20.8 Å². The largest absolute Gasteiger partial charge is 0.478 e. The van der Waals surface area contributed by atoms with Crippen molar-refractivity contribution in [3.8, 4) is 0 Å². The minimum Gasteiger partial charge on any atom is -0.478 e. The molecule has 0 spiro atoms.